The minimum Gasteiger partial charge on any atom is -0.502 e. The third kappa shape index (κ3) is 0.926. The number of aliphatic hydroxyl groups is 1. The van der Waals surface area contributed by atoms with Crippen molar-refractivity contribution in [3.8, 4) is 0 Å². The number of rotatable bonds is 1. The maximum absolute atomic E-state index is 11.2. The van der Waals surface area contributed by atoms with Crippen molar-refractivity contribution in [2.24, 2.45) is 0 Å². The summed E-state index contributed by atoms with van der Waals surface area (Å²) in [6, 6.07) is 0. The molecular weight excluding hydrogens is 144 g/mol. The summed E-state index contributed by atoms with van der Waals surface area (Å²) in [5.74, 6) is -0.463. The molecular formula is C8H10O3. The molecule has 1 atom stereocenters. The number of Topliss-reactive ketones (excluding diaryl/α,β-unsaturated/α-hetero) is 1. The van der Waals surface area contributed by atoms with Crippen molar-refractivity contribution in [1.82, 2.24) is 0 Å². The van der Waals surface area contributed by atoms with Gasteiger partial charge in [0.25, 0.3) is 0 Å². The van der Waals surface area contributed by atoms with Crippen molar-refractivity contribution in [2.75, 3.05) is 0 Å². The van der Waals surface area contributed by atoms with Crippen LogP contribution in [0.25, 0.3) is 0 Å². The second-order valence-electron chi connectivity index (χ2n) is 2.65. The van der Waals surface area contributed by atoms with Crippen LogP contribution in [0.1, 0.15) is 13.8 Å². The van der Waals surface area contributed by atoms with E-state index in [4.69, 9.17) is 9.84 Å². The van der Waals surface area contributed by atoms with Gasteiger partial charge >= 0.3 is 0 Å². The second kappa shape index (κ2) is 2.12. The molecule has 0 saturated heterocycles. The van der Waals surface area contributed by atoms with E-state index >= 15 is 0 Å². The molecule has 1 aliphatic rings. The van der Waals surface area contributed by atoms with Crippen LogP contribution in [0, 0.1) is 0 Å². The van der Waals surface area contributed by atoms with Crippen LogP contribution < -0.4 is 0 Å². The fourth-order valence-corrected chi connectivity index (χ4v) is 0.942. The van der Waals surface area contributed by atoms with Gasteiger partial charge in [-0.3, -0.25) is 4.79 Å². The molecule has 0 spiro atoms. The van der Waals surface area contributed by atoms with Crippen molar-refractivity contribution in [2.45, 2.75) is 19.4 Å². The van der Waals surface area contributed by atoms with Crippen LogP contribution in [0.5, 0.6) is 0 Å². The van der Waals surface area contributed by atoms with Crippen LogP contribution in [-0.2, 0) is 9.53 Å². The van der Waals surface area contributed by atoms with E-state index < -0.39 is 11.4 Å². The molecule has 1 aliphatic heterocycles. The molecule has 0 saturated carbocycles. The molecule has 0 amide bonds. The zero-order valence-electron chi connectivity index (χ0n) is 6.55. The third-order valence-electron chi connectivity index (χ3n) is 1.75. The van der Waals surface area contributed by atoms with E-state index in [2.05, 4.69) is 6.58 Å². The molecule has 0 aromatic heterocycles. The largest absolute Gasteiger partial charge is 0.502 e. The van der Waals surface area contributed by atoms with E-state index in [9.17, 15) is 4.79 Å². The Bertz CT molecular complexity index is 252. The Hall–Kier alpha value is -1.25. The molecule has 11 heavy (non-hydrogen) atoms. The first kappa shape index (κ1) is 7.85. The maximum Gasteiger partial charge on any atom is 0.247 e. The Morgan fingerprint density at radius 1 is 1.73 bits per heavy atom. The van der Waals surface area contributed by atoms with Crippen LogP contribution in [0.15, 0.2) is 24.2 Å². The standard InChI is InChI=1S/C8H10O3/c1-4-8(3)7(10)6(9)5(2)11-8/h4,9H,1H2,2-3H3. The molecule has 60 valence electrons. The van der Waals surface area contributed by atoms with Gasteiger partial charge in [0.05, 0.1) is 0 Å². The van der Waals surface area contributed by atoms with Gasteiger partial charge in [-0.2, -0.15) is 0 Å². The molecule has 0 aromatic rings. The average molecular weight is 154 g/mol. The molecule has 0 aromatic carbocycles. The summed E-state index contributed by atoms with van der Waals surface area (Å²) in [6.07, 6.45) is 1.38. The number of hydrogen-bond donors (Lipinski definition) is 1. The monoisotopic (exact) mass is 154 g/mol. The molecule has 1 unspecified atom stereocenters. The Labute approximate surface area is 65.0 Å². The van der Waals surface area contributed by atoms with E-state index in [1.165, 1.54) is 6.08 Å². The highest BCUT2D eigenvalue weighted by atomic mass is 16.5. The lowest BCUT2D eigenvalue weighted by molar-refractivity contribution is -0.127. The van der Waals surface area contributed by atoms with Crippen molar-refractivity contribution in [3.05, 3.63) is 24.2 Å². The van der Waals surface area contributed by atoms with Gasteiger partial charge in [0.2, 0.25) is 11.5 Å². The zero-order valence-corrected chi connectivity index (χ0v) is 6.55. The summed E-state index contributed by atoms with van der Waals surface area (Å²) in [7, 11) is 0. The molecule has 0 radical (unpaired) electrons. The van der Waals surface area contributed by atoms with Crippen molar-refractivity contribution < 1.29 is 14.6 Å². The molecule has 0 aliphatic carbocycles. The summed E-state index contributed by atoms with van der Waals surface area (Å²) in [5, 5.41) is 9.09. The van der Waals surface area contributed by atoms with Gasteiger partial charge in [-0.1, -0.05) is 6.58 Å². The third-order valence-corrected chi connectivity index (χ3v) is 1.75. The van der Waals surface area contributed by atoms with Gasteiger partial charge in [0, 0.05) is 0 Å². The van der Waals surface area contributed by atoms with Crippen LogP contribution in [0.4, 0.5) is 0 Å². The van der Waals surface area contributed by atoms with E-state index in [1.54, 1.807) is 13.8 Å². The van der Waals surface area contributed by atoms with Gasteiger partial charge in [0.1, 0.15) is 5.76 Å². The fraction of sp³-hybridized carbons (Fsp3) is 0.375. The van der Waals surface area contributed by atoms with E-state index in [0.29, 0.717) is 0 Å². The molecule has 1 N–H and O–H groups in total. The van der Waals surface area contributed by atoms with E-state index in [1.807, 2.05) is 0 Å². The zero-order chi connectivity index (χ0) is 8.65. The van der Waals surface area contributed by atoms with Gasteiger partial charge in [0.15, 0.2) is 5.60 Å². The molecule has 1 heterocycles. The molecule has 1 rings (SSSR count). The molecule has 3 nitrogen and oxygen atoms in total. The number of carbonyl (C=O) groups excluding carboxylic acids is 1. The normalized spacial score (nSPS) is 30.5. The van der Waals surface area contributed by atoms with E-state index in [0.717, 1.165) is 0 Å². The predicted octanol–water partition coefficient (Wildman–Crippen LogP) is 1.32. The lowest BCUT2D eigenvalue weighted by Gasteiger charge is -2.16. The number of hydrogen-bond acceptors (Lipinski definition) is 3. The van der Waals surface area contributed by atoms with Crippen LogP contribution in [-0.4, -0.2) is 16.5 Å². The van der Waals surface area contributed by atoms with Crippen LogP contribution >= 0.6 is 0 Å². The highest BCUT2D eigenvalue weighted by molar-refractivity contribution is 6.03. The summed E-state index contributed by atoms with van der Waals surface area (Å²) in [5.41, 5.74) is -1.06. The highest BCUT2D eigenvalue weighted by Gasteiger charge is 2.42. The number of ketones is 1. The van der Waals surface area contributed by atoms with Crippen molar-refractivity contribution in [1.29, 1.82) is 0 Å². The number of allylic oxidation sites excluding steroid dienone is 1. The topological polar surface area (TPSA) is 46.5 Å². The van der Waals surface area contributed by atoms with Gasteiger partial charge < -0.3 is 9.84 Å². The number of aliphatic hydroxyl groups excluding tert-OH is 1. The number of carbonyl (C=O) groups is 1. The second-order valence-corrected chi connectivity index (χ2v) is 2.65. The lowest BCUT2D eigenvalue weighted by atomic mass is 10.0. The first-order chi connectivity index (χ1) is 5.01. The summed E-state index contributed by atoms with van der Waals surface area (Å²) in [6.45, 7) is 6.56. The van der Waals surface area contributed by atoms with Crippen LogP contribution in [0.2, 0.25) is 0 Å². The van der Waals surface area contributed by atoms with Crippen molar-refractivity contribution >= 4 is 5.78 Å². The maximum atomic E-state index is 11.2. The minimum atomic E-state index is -1.06. The number of ether oxygens (including phenoxy) is 1. The average Bonchev–Trinajstić information content (AvgIpc) is 2.17. The Kier molecular flexibility index (Phi) is 1.51. The Morgan fingerprint density at radius 3 is 2.45 bits per heavy atom. The Balaban J connectivity index is 3.04. The first-order valence-electron chi connectivity index (χ1n) is 3.28. The first-order valence-corrected chi connectivity index (χ1v) is 3.28. The fourth-order valence-electron chi connectivity index (χ4n) is 0.942. The molecule has 3 heteroatoms. The highest BCUT2D eigenvalue weighted by Crippen LogP contribution is 2.29. The SMILES string of the molecule is C=CC1(C)OC(C)=C(O)C1=O. The van der Waals surface area contributed by atoms with Gasteiger partial charge in [-0.15, -0.1) is 0 Å². The summed E-state index contributed by atoms with van der Waals surface area (Å²) < 4.78 is 5.08. The minimum absolute atomic E-state index is 0.261. The predicted molar refractivity (Wildman–Crippen MR) is 40.0 cm³/mol. The van der Waals surface area contributed by atoms with Gasteiger partial charge in [-0.25, -0.2) is 0 Å². The Morgan fingerprint density at radius 2 is 2.27 bits per heavy atom. The summed E-state index contributed by atoms with van der Waals surface area (Å²) >= 11 is 0. The quantitative estimate of drug-likeness (QED) is 0.579. The van der Waals surface area contributed by atoms with Crippen LogP contribution in [0.3, 0.4) is 0 Å². The molecule has 0 fully saturated rings. The van der Waals surface area contributed by atoms with E-state index in [-0.39, 0.29) is 11.5 Å². The lowest BCUT2D eigenvalue weighted by Crippen LogP contribution is -2.30. The van der Waals surface area contributed by atoms with Crippen molar-refractivity contribution in [3.63, 3.8) is 0 Å². The summed E-state index contributed by atoms with van der Waals surface area (Å²) in [4.78, 5) is 11.2. The smallest absolute Gasteiger partial charge is 0.247 e. The molecule has 0 bridgehead atoms. The van der Waals surface area contributed by atoms with Gasteiger partial charge in [-0.05, 0) is 19.9 Å².